The summed E-state index contributed by atoms with van der Waals surface area (Å²) in [5.41, 5.74) is 3.29. The monoisotopic (exact) mass is 508 g/mol. The van der Waals surface area contributed by atoms with Gasteiger partial charge in [0.25, 0.3) is 0 Å². The van der Waals surface area contributed by atoms with Gasteiger partial charge in [0, 0.05) is 37.1 Å². The number of nitrogens with one attached hydrogen (secondary N) is 2. The van der Waals surface area contributed by atoms with Gasteiger partial charge in [0.15, 0.2) is 17.5 Å². The maximum absolute atomic E-state index is 5.37. The number of methoxy groups -OCH3 is 2. The smallest absolute Gasteiger partial charge is 0.196 e. The Morgan fingerprint density at radius 1 is 1.03 bits per heavy atom. The topological polar surface area (TPSA) is 58.1 Å². The summed E-state index contributed by atoms with van der Waals surface area (Å²) in [5, 5.41) is 6.61. The van der Waals surface area contributed by atoms with Gasteiger partial charge in [-0.1, -0.05) is 24.3 Å². The number of nitrogens with zero attached hydrogens (tertiary/aromatic N) is 2. The minimum atomic E-state index is 0. The summed E-state index contributed by atoms with van der Waals surface area (Å²) >= 11 is 0. The van der Waals surface area contributed by atoms with Crippen molar-refractivity contribution in [3.8, 4) is 11.5 Å². The van der Waals surface area contributed by atoms with Gasteiger partial charge in [-0.3, -0.25) is 0 Å². The van der Waals surface area contributed by atoms with Crippen molar-refractivity contribution in [2.45, 2.75) is 13.5 Å². The molecule has 0 aromatic heterocycles. The molecule has 29 heavy (non-hydrogen) atoms. The number of aliphatic imine (C=N–C) groups is 1. The van der Waals surface area contributed by atoms with Crippen molar-refractivity contribution in [3.05, 3.63) is 60.2 Å². The largest absolute Gasteiger partial charge is 0.493 e. The van der Waals surface area contributed by atoms with E-state index in [1.54, 1.807) is 14.2 Å². The first-order chi connectivity index (χ1) is 13.7. The molecule has 3 rings (SSSR count). The summed E-state index contributed by atoms with van der Waals surface area (Å²) in [6, 6.07) is 14.3. The highest BCUT2D eigenvalue weighted by molar-refractivity contribution is 14.0. The molecule has 2 N–H and O–H groups in total. The fourth-order valence-electron chi connectivity index (χ4n) is 3.07. The molecule has 1 heterocycles. The minimum absolute atomic E-state index is 0. The van der Waals surface area contributed by atoms with E-state index in [0.29, 0.717) is 18.0 Å². The van der Waals surface area contributed by atoms with Crippen LogP contribution in [0.2, 0.25) is 0 Å². The van der Waals surface area contributed by atoms with Crippen LogP contribution in [0.1, 0.15) is 12.5 Å². The standard InChI is InChI=1S/C22H28N4O2.HI/c1-4-23-22(25-18-10-11-20(27-2)21(15-18)28-3)24-16-17-8-7-9-19(14-17)26-12-5-6-13-26;/h5-11,14-15H,4,12-13,16H2,1-3H3,(H2,23,24,25);1H. The third kappa shape index (κ3) is 6.28. The molecule has 1 aliphatic heterocycles. The van der Waals surface area contributed by atoms with Crippen molar-refractivity contribution in [2.24, 2.45) is 4.99 Å². The van der Waals surface area contributed by atoms with Crippen molar-refractivity contribution < 1.29 is 9.47 Å². The summed E-state index contributed by atoms with van der Waals surface area (Å²) in [5.74, 6) is 2.10. The Hall–Kier alpha value is -2.42. The van der Waals surface area contributed by atoms with Crippen LogP contribution < -0.4 is 25.0 Å². The number of hydrogen-bond acceptors (Lipinski definition) is 4. The second-order valence-corrected chi connectivity index (χ2v) is 6.44. The third-order valence-corrected chi connectivity index (χ3v) is 4.50. The predicted molar refractivity (Wildman–Crippen MR) is 131 cm³/mol. The zero-order valence-electron chi connectivity index (χ0n) is 17.1. The van der Waals surface area contributed by atoms with Gasteiger partial charge in [-0.05, 0) is 36.8 Å². The fourth-order valence-corrected chi connectivity index (χ4v) is 3.07. The zero-order valence-corrected chi connectivity index (χ0v) is 19.5. The highest BCUT2D eigenvalue weighted by Gasteiger charge is 2.09. The molecule has 0 spiro atoms. The summed E-state index contributed by atoms with van der Waals surface area (Å²) in [6.45, 7) is 5.36. The van der Waals surface area contributed by atoms with E-state index < -0.39 is 0 Å². The quantitative estimate of drug-likeness (QED) is 0.253. The molecule has 0 saturated carbocycles. The van der Waals surface area contributed by atoms with Crippen LogP contribution in [0.3, 0.4) is 0 Å². The van der Waals surface area contributed by atoms with Gasteiger partial charge in [0.05, 0.1) is 20.8 Å². The van der Waals surface area contributed by atoms with Crippen LogP contribution in [0, 0.1) is 0 Å². The van der Waals surface area contributed by atoms with E-state index in [9.17, 15) is 0 Å². The second kappa shape index (κ2) is 11.5. The Bertz CT molecular complexity index is 846. The van der Waals surface area contributed by atoms with Crippen molar-refractivity contribution in [1.29, 1.82) is 0 Å². The second-order valence-electron chi connectivity index (χ2n) is 6.44. The molecule has 0 radical (unpaired) electrons. The Labute approximate surface area is 190 Å². The zero-order chi connectivity index (χ0) is 19.8. The Morgan fingerprint density at radius 3 is 2.48 bits per heavy atom. The van der Waals surface area contributed by atoms with Crippen LogP contribution in [0.4, 0.5) is 11.4 Å². The molecular formula is C22H29IN4O2. The molecule has 0 saturated heterocycles. The maximum Gasteiger partial charge on any atom is 0.196 e. The summed E-state index contributed by atoms with van der Waals surface area (Å²) in [6.07, 6.45) is 4.39. The number of ether oxygens (including phenoxy) is 2. The van der Waals surface area contributed by atoms with Crippen molar-refractivity contribution in [2.75, 3.05) is 44.1 Å². The van der Waals surface area contributed by atoms with Gasteiger partial charge in [-0.25, -0.2) is 4.99 Å². The highest BCUT2D eigenvalue weighted by atomic mass is 127. The number of benzene rings is 2. The minimum Gasteiger partial charge on any atom is -0.493 e. The van der Waals surface area contributed by atoms with Gasteiger partial charge in [-0.2, -0.15) is 0 Å². The van der Waals surface area contributed by atoms with E-state index in [-0.39, 0.29) is 24.0 Å². The van der Waals surface area contributed by atoms with Crippen molar-refractivity contribution >= 4 is 41.3 Å². The molecule has 0 fully saturated rings. The van der Waals surface area contributed by atoms with E-state index >= 15 is 0 Å². The third-order valence-electron chi connectivity index (χ3n) is 4.50. The van der Waals surface area contributed by atoms with Crippen LogP contribution in [-0.4, -0.2) is 39.8 Å². The molecule has 7 heteroatoms. The van der Waals surface area contributed by atoms with Gasteiger partial charge >= 0.3 is 0 Å². The van der Waals surface area contributed by atoms with Crippen molar-refractivity contribution in [3.63, 3.8) is 0 Å². The van der Waals surface area contributed by atoms with Gasteiger partial charge in [0.1, 0.15) is 0 Å². The Kier molecular flexibility index (Phi) is 9.11. The van der Waals surface area contributed by atoms with Crippen LogP contribution in [0.15, 0.2) is 59.6 Å². The number of rotatable bonds is 7. The summed E-state index contributed by atoms with van der Waals surface area (Å²) in [4.78, 5) is 7.07. The van der Waals surface area contributed by atoms with E-state index in [0.717, 1.165) is 31.3 Å². The fraction of sp³-hybridized carbons (Fsp3) is 0.318. The number of guanidine groups is 1. The molecule has 0 amide bonds. The average molecular weight is 508 g/mol. The first-order valence-electron chi connectivity index (χ1n) is 9.49. The van der Waals surface area contributed by atoms with Crippen LogP contribution in [-0.2, 0) is 6.54 Å². The molecule has 0 bridgehead atoms. The predicted octanol–water partition coefficient (Wildman–Crippen LogP) is 4.28. The molecule has 0 aliphatic carbocycles. The lowest BCUT2D eigenvalue weighted by Crippen LogP contribution is -2.30. The van der Waals surface area contributed by atoms with E-state index in [1.807, 2.05) is 25.1 Å². The average Bonchev–Trinajstić information content (AvgIpc) is 3.27. The van der Waals surface area contributed by atoms with Gasteiger partial charge in [0.2, 0.25) is 0 Å². The Balaban J connectivity index is 0.00000300. The lowest BCUT2D eigenvalue weighted by atomic mass is 10.2. The van der Waals surface area contributed by atoms with Crippen LogP contribution >= 0.6 is 24.0 Å². The van der Waals surface area contributed by atoms with Gasteiger partial charge in [-0.15, -0.1) is 24.0 Å². The first-order valence-corrected chi connectivity index (χ1v) is 9.49. The summed E-state index contributed by atoms with van der Waals surface area (Å²) < 4.78 is 10.7. The lowest BCUT2D eigenvalue weighted by molar-refractivity contribution is 0.355. The van der Waals surface area contributed by atoms with Crippen molar-refractivity contribution in [1.82, 2.24) is 5.32 Å². The molecule has 1 aliphatic rings. The molecule has 0 atom stereocenters. The molecule has 0 unspecified atom stereocenters. The maximum atomic E-state index is 5.37. The SMILES string of the molecule is CCNC(=NCc1cccc(N2CC=CC2)c1)Nc1ccc(OC)c(OC)c1.I. The summed E-state index contributed by atoms with van der Waals surface area (Å²) in [7, 11) is 3.26. The lowest BCUT2D eigenvalue weighted by Gasteiger charge is -2.18. The number of hydrogen-bond donors (Lipinski definition) is 2. The Morgan fingerprint density at radius 2 is 1.79 bits per heavy atom. The highest BCUT2D eigenvalue weighted by Crippen LogP contribution is 2.29. The van der Waals surface area contributed by atoms with E-state index in [1.165, 1.54) is 11.3 Å². The first kappa shape index (κ1) is 22.9. The van der Waals surface area contributed by atoms with E-state index in [2.05, 4.69) is 52.0 Å². The van der Waals surface area contributed by atoms with Gasteiger partial charge < -0.3 is 25.0 Å². The molecular weight excluding hydrogens is 479 g/mol. The normalized spacial score (nSPS) is 13.1. The van der Waals surface area contributed by atoms with E-state index in [4.69, 9.17) is 14.5 Å². The number of anilines is 2. The van der Waals surface area contributed by atoms with Crippen LogP contribution in [0.25, 0.3) is 0 Å². The number of halogens is 1. The molecule has 2 aromatic carbocycles. The molecule has 2 aromatic rings. The van der Waals surface area contributed by atoms with Crippen LogP contribution in [0.5, 0.6) is 11.5 Å². The molecule has 6 nitrogen and oxygen atoms in total. The molecule has 156 valence electrons.